The zero-order valence-corrected chi connectivity index (χ0v) is 31.7. The number of allylic oxidation sites excluding steroid dienone is 5. The van der Waals surface area contributed by atoms with Crippen molar-refractivity contribution in [3.63, 3.8) is 0 Å². The Kier molecular flexibility index (Phi) is 20.7. The zero-order valence-electron chi connectivity index (χ0n) is 31.7. The second kappa shape index (κ2) is 24.7. The molecule has 1 N–H and O–H groups in total. The monoisotopic (exact) mass is 698 g/mol. The Morgan fingerprint density at radius 1 is 0.765 bits per heavy atom. The lowest BCUT2D eigenvalue weighted by atomic mass is 9.95. The summed E-state index contributed by atoms with van der Waals surface area (Å²) in [5.74, 6) is 0.774. The molecule has 0 amide bonds. The summed E-state index contributed by atoms with van der Waals surface area (Å²) in [5.41, 5.74) is 6.43. The molecule has 6 heteroatoms. The first-order valence-corrected chi connectivity index (χ1v) is 18.6. The van der Waals surface area contributed by atoms with Crippen LogP contribution in [-0.2, 0) is 20.7 Å². The van der Waals surface area contributed by atoms with Crippen molar-refractivity contribution in [3.05, 3.63) is 125 Å². The third kappa shape index (κ3) is 17.4. The minimum Gasteiger partial charge on any atom is -0.494 e. The molecule has 276 valence electrons. The minimum absolute atomic E-state index is 0.235. The molecule has 0 saturated heterocycles. The highest BCUT2D eigenvalue weighted by Gasteiger charge is 2.16. The van der Waals surface area contributed by atoms with Gasteiger partial charge in [-0.3, -0.25) is 4.79 Å². The Bertz CT molecular complexity index is 1540. The maximum absolute atomic E-state index is 13.3. The normalized spacial score (nSPS) is 12.7. The van der Waals surface area contributed by atoms with Gasteiger partial charge < -0.3 is 19.4 Å². The predicted octanol–water partition coefficient (Wildman–Crippen LogP) is 12.1. The lowest BCUT2D eigenvalue weighted by molar-refractivity contribution is -0.142. The lowest BCUT2D eigenvalue weighted by Crippen LogP contribution is -2.16. The molecule has 0 radical (unpaired) electrons. The highest BCUT2D eigenvalue weighted by molar-refractivity contribution is 5.84. The van der Waals surface area contributed by atoms with Gasteiger partial charge in [-0.25, -0.2) is 4.39 Å². The molecule has 0 saturated carbocycles. The molecule has 0 heterocycles. The Balaban J connectivity index is 0.000000404. The van der Waals surface area contributed by atoms with E-state index in [0.717, 1.165) is 97.3 Å². The molecular weight excluding hydrogens is 639 g/mol. The molecule has 0 aliphatic heterocycles. The van der Waals surface area contributed by atoms with Gasteiger partial charge >= 0.3 is 5.97 Å². The van der Waals surface area contributed by atoms with Gasteiger partial charge in [0.2, 0.25) is 0 Å². The van der Waals surface area contributed by atoms with E-state index in [1.807, 2.05) is 56.3 Å². The fourth-order valence-corrected chi connectivity index (χ4v) is 5.31. The Hall–Kier alpha value is -4.45. The number of Topliss-reactive ketones (excluding diaryl/α,β-unsaturated/α-hetero) is 1. The van der Waals surface area contributed by atoms with E-state index < -0.39 is 5.97 Å². The summed E-state index contributed by atoms with van der Waals surface area (Å²) in [5, 5.41) is 9.14. The van der Waals surface area contributed by atoms with Crippen LogP contribution in [0.3, 0.4) is 0 Å². The fourth-order valence-electron chi connectivity index (χ4n) is 5.31. The van der Waals surface area contributed by atoms with Gasteiger partial charge in [0, 0.05) is 6.42 Å². The van der Waals surface area contributed by atoms with Crippen molar-refractivity contribution in [2.75, 3.05) is 13.2 Å². The molecule has 0 aliphatic carbocycles. The van der Waals surface area contributed by atoms with Crippen LogP contribution in [0.4, 0.5) is 4.39 Å². The van der Waals surface area contributed by atoms with Crippen LogP contribution in [0.2, 0.25) is 0 Å². The Morgan fingerprint density at radius 3 is 2.04 bits per heavy atom. The molecule has 1 atom stereocenters. The maximum atomic E-state index is 13.3. The van der Waals surface area contributed by atoms with Crippen LogP contribution in [-0.4, -0.2) is 30.1 Å². The van der Waals surface area contributed by atoms with Crippen molar-refractivity contribution in [1.82, 2.24) is 0 Å². The van der Waals surface area contributed by atoms with Gasteiger partial charge in [-0.15, -0.1) is 0 Å². The van der Waals surface area contributed by atoms with Gasteiger partial charge in [0.05, 0.1) is 19.1 Å². The molecule has 5 nitrogen and oxygen atoms in total. The van der Waals surface area contributed by atoms with E-state index in [4.69, 9.17) is 14.6 Å². The number of ether oxygens (including phenoxy) is 2. The molecular formula is C45H59FO5. The molecule has 51 heavy (non-hydrogen) atoms. The van der Waals surface area contributed by atoms with E-state index in [2.05, 4.69) is 45.1 Å². The molecule has 3 aromatic carbocycles. The number of halogens is 1. The topological polar surface area (TPSA) is 72.8 Å². The van der Waals surface area contributed by atoms with E-state index >= 15 is 0 Å². The summed E-state index contributed by atoms with van der Waals surface area (Å²) in [6, 6.07) is 24.6. The summed E-state index contributed by atoms with van der Waals surface area (Å²) >= 11 is 0. The Morgan fingerprint density at radius 2 is 1.45 bits per heavy atom. The molecule has 0 spiro atoms. The van der Waals surface area contributed by atoms with Crippen LogP contribution < -0.4 is 4.74 Å². The van der Waals surface area contributed by atoms with E-state index in [0.29, 0.717) is 19.4 Å². The van der Waals surface area contributed by atoms with Crippen molar-refractivity contribution >= 4 is 22.9 Å². The fraction of sp³-hybridized carbons (Fsp3) is 0.422. The van der Waals surface area contributed by atoms with E-state index in [1.54, 1.807) is 19.1 Å². The van der Waals surface area contributed by atoms with Gasteiger partial charge in [-0.05, 0) is 129 Å². The summed E-state index contributed by atoms with van der Waals surface area (Å²) in [6.07, 6.45) is 13.0. The number of hydrogen-bond acceptors (Lipinski definition) is 4. The lowest BCUT2D eigenvalue weighted by Gasteiger charge is -2.13. The average molecular weight is 699 g/mol. The van der Waals surface area contributed by atoms with Crippen LogP contribution in [0.1, 0.15) is 116 Å². The summed E-state index contributed by atoms with van der Waals surface area (Å²) < 4.78 is 25.1. The molecule has 0 aliphatic rings. The van der Waals surface area contributed by atoms with Gasteiger partial charge in [-0.2, -0.15) is 0 Å². The first kappa shape index (κ1) is 42.7. The second-order valence-corrected chi connectivity index (χ2v) is 13.0. The number of carbonyl (C=O) groups is 2. The molecule has 0 fully saturated rings. The largest absolute Gasteiger partial charge is 0.494 e. The summed E-state index contributed by atoms with van der Waals surface area (Å²) in [7, 11) is 0. The highest BCUT2D eigenvalue weighted by atomic mass is 19.1. The van der Waals surface area contributed by atoms with E-state index in [1.165, 1.54) is 17.7 Å². The average Bonchev–Trinajstić information content (AvgIpc) is 3.13. The van der Waals surface area contributed by atoms with Crippen LogP contribution in [0.25, 0.3) is 11.1 Å². The zero-order chi connectivity index (χ0) is 37.4. The minimum atomic E-state index is -0.704. The maximum Gasteiger partial charge on any atom is 0.306 e. The number of ketones is 1. The predicted molar refractivity (Wildman–Crippen MR) is 209 cm³/mol. The Labute approximate surface area is 306 Å². The molecule has 1 unspecified atom stereocenters. The van der Waals surface area contributed by atoms with E-state index in [-0.39, 0.29) is 17.5 Å². The SMILES string of the molecule is CC/C(C)=C(/C=C(\C=C(/C)c1ccc(F)cc1)c1ccccc1)OCCCCCC(C)=O.CCCCOc1ccc(CC(CCC)C(=O)O)cc1. The summed E-state index contributed by atoms with van der Waals surface area (Å²) in [6.45, 7) is 13.4. The van der Waals surface area contributed by atoms with Crippen molar-refractivity contribution in [1.29, 1.82) is 0 Å². The quantitative estimate of drug-likeness (QED) is 0.0681. The van der Waals surface area contributed by atoms with Crippen LogP contribution in [0.15, 0.2) is 102 Å². The number of benzene rings is 3. The number of aliphatic carboxylic acids is 1. The number of carboxylic acids is 1. The number of carbonyl (C=O) groups excluding carboxylic acids is 1. The molecule has 3 aromatic rings. The van der Waals surface area contributed by atoms with Crippen molar-refractivity contribution in [2.45, 2.75) is 106 Å². The summed E-state index contributed by atoms with van der Waals surface area (Å²) in [4.78, 5) is 22.2. The number of carboxylic acid groups (broad SMARTS) is 1. The first-order valence-electron chi connectivity index (χ1n) is 18.6. The smallest absolute Gasteiger partial charge is 0.306 e. The van der Waals surface area contributed by atoms with E-state index in [9.17, 15) is 14.0 Å². The second-order valence-electron chi connectivity index (χ2n) is 13.0. The standard InChI is InChI=1S/C29H35FO2.C16H24O3/c1-5-22(2)29(32-19-11-7-8-12-24(4)31)21-27(26-13-9-6-10-14-26)20-23(3)25-15-17-28(30)18-16-25;1-3-5-11-19-15-9-7-13(8-10-15)12-14(6-4-2)16(17)18/h6,9-10,13-18,20-21H,5,7-8,11-12,19H2,1-4H3;7-10,14H,3-6,11-12H2,1-2H3,(H,17,18)/b23-20+,27-21+,29-22-;. The van der Waals surface area contributed by atoms with Gasteiger partial charge in [0.15, 0.2) is 0 Å². The number of hydrogen-bond donors (Lipinski definition) is 1. The van der Waals surface area contributed by atoms with Crippen LogP contribution >= 0.6 is 0 Å². The van der Waals surface area contributed by atoms with Gasteiger partial charge in [0.25, 0.3) is 0 Å². The molecule has 3 rings (SSSR count). The van der Waals surface area contributed by atoms with Crippen molar-refractivity contribution < 1.29 is 28.6 Å². The van der Waals surface area contributed by atoms with Crippen molar-refractivity contribution in [3.8, 4) is 5.75 Å². The molecule has 0 aromatic heterocycles. The highest BCUT2D eigenvalue weighted by Crippen LogP contribution is 2.26. The van der Waals surface area contributed by atoms with Gasteiger partial charge in [-0.1, -0.05) is 94.3 Å². The number of rotatable bonds is 21. The molecule has 0 bridgehead atoms. The van der Waals surface area contributed by atoms with Crippen molar-refractivity contribution in [2.24, 2.45) is 5.92 Å². The van der Waals surface area contributed by atoms with Gasteiger partial charge in [0.1, 0.15) is 23.1 Å². The third-order valence-electron chi connectivity index (χ3n) is 8.61. The number of unbranched alkanes of at least 4 members (excludes halogenated alkanes) is 3. The van der Waals surface area contributed by atoms with Crippen LogP contribution in [0, 0.1) is 11.7 Å². The first-order chi connectivity index (χ1) is 24.6. The third-order valence-corrected chi connectivity index (χ3v) is 8.61. The van der Waals surface area contributed by atoms with Crippen LogP contribution in [0.5, 0.6) is 5.75 Å².